The minimum atomic E-state index is -1.47. The van der Waals surface area contributed by atoms with Gasteiger partial charge < -0.3 is 29.4 Å². The second kappa shape index (κ2) is 13.6. The summed E-state index contributed by atoms with van der Waals surface area (Å²) in [6.07, 6.45) is 2.96. The van der Waals surface area contributed by atoms with Crippen molar-refractivity contribution in [3.8, 4) is 5.75 Å². The first kappa shape index (κ1) is 31.0. The number of aromatic nitrogens is 3. The van der Waals surface area contributed by atoms with E-state index in [9.17, 15) is 9.90 Å². The Morgan fingerprint density at radius 3 is 1.84 bits per heavy atom. The van der Waals surface area contributed by atoms with E-state index in [1.165, 1.54) is 17.7 Å². The molecule has 0 bridgehead atoms. The van der Waals surface area contributed by atoms with Gasteiger partial charge in [0, 0.05) is 92.0 Å². The Labute approximate surface area is 273 Å². The van der Waals surface area contributed by atoms with Gasteiger partial charge >= 0.3 is 0 Å². The average Bonchev–Trinajstić information content (AvgIpc) is 3.57. The zero-order valence-electron chi connectivity index (χ0n) is 25.2. The van der Waals surface area contributed by atoms with Gasteiger partial charge in [-0.2, -0.15) is 5.10 Å². The van der Waals surface area contributed by atoms with Crippen molar-refractivity contribution >= 4 is 46.2 Å². The van der Waals surface area contributed by atoms with Crippen LogP contribution >= 0.6 is 23.2 Å². The van der Waals surface area contributed by atoms with E-state index in [-0.39, 0.29) is 19.1 Å². The van der Waals surface area contributed by atoms with Crippen molar-refractivity contribution in [1.29, 1.82) is 0 Å². The lowest BCUT2D eigenvalue weighted by Crippen LogP contribution is -2.48. The van der Waals surface area contributed by atoms with E-state index in [1.807, 2.05) is 17.0 Å². The van der Waals surface area contributed by atoms with E-state index in [1.54, 1.807) is 36.1 Å². The van der Waals surface area contributed by atoms with Crippen LogP contribution in [0.1, 0.15) is 12.5 Å². The highest BCUT2D eigenvalue weighted by Crippen LogP contribution is 2.33. The SMILES string of the molecule is CC(=O)N1CCN(c2ccc(N3CCN(c4ccc(OCC(O)(Cn5cncn5)c5ccc(Cl)cc5Cl)cc4)CC3)cc2)CC1. The van der Waals surface area contributed by atoms with E-state index >= 15 is 0 Å². The zero-order valence-corrected chi connectivity index (χ0v) is 26.7. The number of rotatable bonds is 9. The van der Waals surface area contributed by atoms with Crippen LogP contribution in [0, 0.1) is 0 Å². The molecule has 3 heterocycles. The number of hydrogen-bond donors (Lipinski definition) is 1. The first-order valence-corrected chi connectivity index (χ1v) is 15.9. The predicted octanol–water partition coefficient (Wildman–Crippen LogP) is 4.55. The van der Waals surface area contributed by atoms with Gasteiger partial charge in [-0.1, -0.05) is 29.3 Å². The van der Waals surface area contributed by atoms with Crippen LogP contribution in [0.25, 0.3) is 0 Å². The smallest absolute Gasteiger partial charge is 0.219 e. The summed E-state index contributed by atoms with van der Waals surface area (Å²) in [5.74, 6) is 0.792. The van der Waals surface area contributed by atoms with Crippen LogP contribution in [0.2, 0.25) is 10.0 Å². The topological polar surface area (TPSA) is 90.2 Å². The van der Waals surface area contributed by atoms with E-state index in [2.05, 4.69) is 61.2 Å². The number of hydrogen-bond acceptors (Lipinski definition) is 8. The summed E-state index contributed by atoms with van der Waals surface area (Å²) in [6, 6.07) is 21.8. The van der Waals surface area contributed by atoms with Crippen molar-refractivity contribution in [1.82, 2.24) is 19.7 Å². The molecule has 1 amide bonds. The molecule has 2 saturated heterocycles. The molecular formula is C33H37Cl2N7O3. The lowest BCUT2D eigenvalue weighted by atomic mass is 9.94. The lowest BCUT2D eigenvalue weighted by Gasteiger charge is -2.38. The Morgan fingerprint density at radius 2 is 1.36 bits per heavy atom. The number of nitrogens with zero attached hydrogens (tertiary/aromatic N) is 7. The molecule has 6 rings (SSSR count). The van der Waals surface area contributed by atoms with Crippen LogP contribution in [0.5, 0.6) is 5.75 Å². The van der Waals surface area contributed by atoms with Crippen molar-refractivity contribution in [2.24, 2.45) is 0 Å². The molecular weight excluding hydrogens is 613 g/mol. The van der Waals surface area contributed by atoms with Gasteiger partial charge in [-0.15, -0.1) is 0 Å². The van der Waals surface area contributed by atoms with Crippen LogP contribution in [0.3, 0.4) is 0 Å². The van der Waals surface area contributed by atoms with Gasteiger partial charge in [-0.25, -0.2) is 9.67 Å². The number of carbonyl (C=O) groups is 1. The Bertz CT molecular complexity index is 1570. The lowest BCUT2D eigenvalue weighted by molar-refractivity contribution is -0.129. The Hall–Kier alpha value is -3.99. The van der Waals surface area contributed by atoms with Gasteiger partial charge in [0.25, 0.3) is 0 Å². The van der Waals surface area contributed by atoms with Crippen molar-refractivity contribution in [3.05, 3.63) is 95.0 Å². The highest BCUT2D eigenvalue weighted by molar-refractivity contribution is 6.35. The maximum atomic E-state index is 11.7. The van der Waals surface area contributed by atoms with E-state index in [0.29, 0.717) is 21.4 Å². The number of aliphatic hydroxyl groups is 1. The van der Waals surface area contributed by atoms with Crippen molar-refractivity contribution in [3.63, 3.8) is 0 Å². The third kappa shape index (κ3) is 7.30. The summed E-state index contributed by atoms with van der Waals surface area (Å²) in [6.45, 7) is 8.64. The quantitative estimate of drug-likeness (QED) is 0.283. The maximum absolute atomic E-state index is 11.7. The number of ether oxygens (including phenoxy) is 1. The first-order valence-electron chi connectivity index (χ1n) is 15.1. The third-order valence-corrected chi connectivity index (χ3v) is 9.13. The molecule has 1 aromatic heterocycles. The molecule has 0 aliphatic carbocycles. The van der Waals surface area contributed by atoms with Crippen LogP contribution in [0.4, 0.5) is 17.1 Å². The number of halogens is 2. The molecule has 2 aliphatic heterocycles. The van der Waals surface area contributed by atoms with Gasteiger partial charge in [-0.05, 0) is 60.7 Å². The normalized spacial score (nSPS) is 16.9. The van der Waals surface area contributed by atoms with E-state index in [4.69, 9.17) is 27.9 Å². The summed E-state index contributed by atoms with van der Waals surface area (Å²) in [5, 5.41) is 16.7. The number of piperazine rings is 2. The Kier molecular flexibility index (Phi) is 9.34. The fraction of sp³-hybridized carbons (Fsp3) is 0.364. The fourth-order valence-corrected chi connectivity index (χ4v) is 6.57. The van der Waals surface area contributed by atoms with Crippen molar-refractivity contribution in [2.45, 2.75) is 19.1 Å². The van der Waals surface area contributed by atoms with Gasteiger partial charge in [0.1, 0.15) is 30.6 Å². The predicted molar refractivity (Wildman–Crippen MR) is 178 cm³/mol. The number of carbonyl (C=O) groups excluding carboxylic acids is 1. The molecule has 4 aromatic rings. The first-order chi connectivity index (χ1) is 21.8. The molecule has 12 heteroatoms. The molecule has 236 valence electrons. The zero-order chi connectivity index (χ0) is 31.4. The van der Waals surface area contributed by atoms with Crippen LogP contribution in [0.15, 0.2) is 79.4 Å². The largest absolute Gasteiger partial charge is 0.490 e. The minimum absolute atomic E-state index is 0.0420. The van der Waals surface area contributed by atoms with Crippen LogP contribution in [-0.4, -0.2) is 89.6 Å². The van der Waals surface area contributed by atoms with Gasteiger partial charge in [0.05, 0.1) is 6.54 Å². The molecule has 45 heavy (non-hydrogen) atoms. The summed E-state index contributed by atoms with van der Waals surface area (Å²) in [5.41, 5.74) is 2.59. The second-order valence-electron chi connectivity index (χ2n) is 11.5. The molecule has 0 saturated carbocycles. The van der Waals surface area contributed by atoms with E-state index < -0.39 is 5.60 Å². The molecule has 3 aromatic carbocycles. The minimum Gasteiger partial charge on any atom is -0.490 e. The maximum Gasteiger partial charge on any atom is 0.219 e. The fourth-order valence-electron chi connectivity index (χ4n) is 5.99. The molecule has 1 atom stereocenters. The van der Waals surface area contributed by atoms with Gasteiger partial charge in [0.15, 0.2) is 0 Å². The highest BCUT2D eigenvalue weighted by Gasteiger charge is 2.34. The van der Waals surface area contributed by atoms with Crippen LogP contribution in [-0.2, 0) is 16.9 Å². The van der Waals surface area contributed by atoms with Crippen LogP contribution < -0.4 is 19.4 Å². The summed E-state index contributed by atoms with van der Waals surface area (Å²) in [7, 11) is 0. The third-order valence-electron chi connectivity index (χ3n) is 8.59. The molecule has 10 nitrogen and oxygen atoms in total. The number of anilines is 3. The second-order valence-corrected chi connectivity index (χ2v) is 12.4. The van der Waals surface area contributed by atoms with Gasteiger partial charge in [-0.3, -0.25) is 4.79 Å². The molecule has 1 unspecified atom stereocenters. The Morgan fingerprint density at radius 1 is 0.822 bits per heavy atom. The Balaban J connectivity index is 1.03. The summed E-state index contributed by atoms with van der Waals surface area (Å²) < 4.78 is 7.64. The number of benzene rings is 3. The average molecular weight is 651 g/mol. The molecule has 2 fully saturated rings. The highest BCUT2D eigenvalue weighted by atomic mass is 35.5. The standard InChI is InChI=1S/C33H37Cl2N7O3/c1-25(43)38-12-14-39(15-13-38)27-3-5-28(6-4-27)40-16-18-41(19-17-40)29-7-9-30(10-8-29)45-22-33(44,21-42-24-36-23-37-42)31-11-2-26(34)20-32(31)35/h2-11,20,23-24,44H,12-19,21-22H2,1H3. The molecule has 0 spiro atoms. The molecule has 1 N–H and O–H groups in total. The molecule has 0 radical (unpaired) electrons. The molecule has 2 aliphatic rings. The van der Waals surface area contributed by atoms with E-state index in [0.717, 1.165) is 58.0 Å². The monoisotopic (exact) mass is 649 g/mol. The van der Waals surface area contributed by atoms with Crippen molar-refractivity contribution < 1.29 is 14.6 Å². The van der Waals surface area contributed by atoms with Crippen molar-refractivity contribution in [2.75, 3.05) is 73.7 Å². The number of amides is 1. The van der Waals surface area contributed by atoms with Gasteiger partial charge in [0.2, 0.25) is 5.91 Å². The summed E-state index contributed by atoms with van der Waals surface area (Å²) in [4.78, 5) is 24.7. The summed E-state index contributed by atoms with van der Waals surface area (Å²) >= 11 is 12.6.